The Labute approximate surface area is 145 Å². The van der Waals surface area contributed by atoms with Gasteiger partial charge in [-0.25, -0.2) is 4.79 Å². The van der Waals surface area contributed by atoms with Crippen LogP contribution in [0.2, 0.25) is 10.0 Å². The summed E-state index contributed by atoms with van der Waals surface area (Å²) in [6.07, 6.45) is 0. The molecule has 1 heterocycles. The van der Waals surface area contributed by atoms with E-state index in [1.165, 1.54) is 0 Å². The largest absolute Gasteiger partial charge is 0.368 e. The molecule has 0 bridgehead atoms. The quantitative estimate of drug-likeness (QED) is 0.874. The summed E-state index contributed by atoms with van der Waals surface area (Å²) in [6.45, 7) is 2.81. The fourth-order valence-electron chi connectivity index (χ4n) is 2.61. The van der Waals surface area contributed by atoms with Crippen LogP contribution in [0.15, 0.2) is 48.5 Å². The third-order valence-electron chi connectivity index (χ3n) is 3.80. The van der Waals surface area contributed by atoms with Gasteiger partial charge in [-0.05, 0) is 30.3 Å². The molecule has 2 aromatic carbocycles. The van der Waals surface area contributed by atoms with Crippen molar-refractivity contribution in [2.45, 2.75) is 0 Å². The van der Waals surface area contributed by atoms with E-state index in [4.69, 9.17) is 23.2 Å². The van der Waals surface area contributed by atoms with E-state index in [2.05, 4.69) is 10.2 Å². The van der Waals surface area contributed by atoms with Crippen LogP contribution in [0.3, 0.4) is 0 Å². The summed E-state index contributed by atoms with van der Waals surface area (Å²) in [5, 5.41) is 4.15. The Morgan fingerprint density at radius 2 is 1.52 bits per heavy atom. The third-order valence-corrected chi connectivity index (χ3v) is 4.24. The Morgan fingerprint density at radius 3 is 2.13 bits per heavy atom. The molecule has 23 heavy (non-hydrogen) atoms. The normalized spacial score (nSPS) is 14.7. The number of urea groups is 1. The monoisotopic (exact) mass is 349 g/mol. The van der Waals surface area contributed by atoms with Crippen molar-refractivity contribution in [2.24, 2.45) is 0 Å². The van der Waals surface area contributed by atoms with E-state index in [0.29, 0.717) is 23.1 Å². The standard InChI is InChI=1S/C17H17Cl2N3O/c18-13-10-14(19)12-16(11-13)21-6-8-22(9-7-21)17(23)20-15-4-2-1-3-5-15/h1-5,10-12H,6-9H2,(H,20,23). The second-order valence-corrected chi connectivity index (χ2v) is 6.27. The molecule has 6 heteroatoms. The highest BCUT2D eigenvalue weighted by Crippen LogP contribution is 2.26. The van der Waals surface area contributed by atoms with Gasteiger partial charge in [-0.1, -0.05) is 41.4 Å². The molecule has 4 nitrogen and oxygen atoms in total. The van der Waals surface area contributed by atoms with Gasteiger partial charge in [0.2, 0.25) is 0 Å². The van der Waals surface area contributed by atoms with Gasteiger partial charge in [-0.15, -0.1) is 0 Å². The van der Waals surface area contributed by atoms with Gasteiger partial charge in [-0.3, -0.25) is 0 Å². The number of nitrogens with zero attached hydrogens (tertiary/aromatic N) is 2. The fraction of sp³-hybridized carbons (Fsp3) is 0.235. The minimum Gasteiger partial charge on any atom is -0.368 e. The van der Waals surface area contributed by atoms with E-state index in [9.17, 15) is 4.79 Å². The lowest BCUT2D eigenvalue weighted by atomic mass is 10.2. The zero-order valence-electron chi connectivity index (χ0n) is 12.5. The van der Waals surface area contributed by atoms with Gasteiger partial charge in [0.1, 0.15) is 0 Å². The number of amides is 2. The van der Waals surface area contributed by atoms with Crippen molar-refractivity contribution in [1.82, 2.24) is 4.90 Å². The highest BCUT2D eigenvalue weighted by molar-refractivity contribution is 6.35. The first-order valence-electron chi connectivity index (χ1n) is 7.44. The number of hydrogen-bond acceptors (Lipinski definition) is 2. The fourth-order valence-corrected chi connectivity index (χ4v) is 3.13. The predicted octanol–water partition coefficient (Wildman–Crippen LogP) is 4.35. The number of rotatable bonds is 2. The zero-order valence-corrected chi connectivity index (χ0v) is 14.0. The Morgan fingerprint density at radius 1 is 0.913 bits per heavy atom. The SMILES string of the molecule is O=C(Nc1ccccc1)N1CCN(c2cc(Cl)cc(Cl)c2)CC1. The Bertz CT molecular complexity index is 665. The van der Waals surface area contributed by atoms with Crippen molar-refractivity contribution >= 4 is 40.6 Å². The number of piperazine rings is 1. The summed E-state index contributed by atoms with van der Waals surface area (Å²) in [5.41, 5.74) is 1.80. The minimum atomic E-state index is -0.0695. The van der Waals surface area contributed by atoms with Crippen molar-refractivity contribution in [2.75, 3.05) is 36.4 Å². The maximum Gasteiger partial charge on any atom is 0.321 e. The first kappa shape index (κ1) is 16.0. The van der Waals surface area contributed by atoms with Crippen LogP contribution in [-0.4, -0.2) is 37.1 Å². The number of nitrogens with one attached hydrogen (secondary N) is 1. The molecule has 1 aliphatic rings. The van der Waals surface area contributed by atoms with Gasteiger partial charge < -0.3 is 15.1 Å². The molecule has 0 saturated carbocycles. The van der Waals surface area contributed by atoms with Gasteiger partial charge in [0.15, 0.2) is 0 Å². The Kier molecular flexibility index (Phi) is 4.94. The second-order valence-electron chi connectivity index (χ2n) is 5.40. The van der Waals surface area contributed by atoms with Crippen LogP contribution in [0.25, 0.3) is 0 Å². The van der Waals surface area contributed by atoms with Crippen molar-refractivity contribution in [1.29, 1.82) is 0 Å². The van der Waals surface area contributed by atoms with Crippen LogP contribution >= 0.6 is 23.2 Å². The number of halogens is 2. The topological polar surface area (TPSA) is 35.6 Å². The highest BCUT2D eigenvalue weighted by Gasteiger charge is 2.21. The Balaban J connectivity index is 1.58. The number of para-hydroxylation sites is 1. The maximum atomic E-state index is 12.3. The van der Waals surface area contributed by atoms with E-state index in [1.807, 2.05) is 47.4 Å². The molecule has 0 unspecified atom stereocenters. The molecule has 0 aromatic heterocycles. The maximum absolute atomic E-state index is 12.3. The molecule has 0 atom stereocenters. The summed E-state index contributed by atoms with van der Waals surface area (Å²) in [4.78, 5) is 16.3. The molecule has 1 aliphatic heterocycles. The molecule has 1 N–H and O–H groups in total. The van der Waals surface area contributed by atoms with Crippen molar-refractivity contribution in [3.8, 4) is 0 Å². The van der Waals surface area contributed by atoms with Crippen molar-refractivity contribution in [3.63, 3.8) is 0 Å². The predicted molar refractivity (Wildman–Crippen MR) is 95.7 cm³/mol. The summed E-state index contributed by atoms with van der Waals surface area (Å²) >= 11 is 12.1. The van der Waals surface area contributed by atoms with Gasteiger partial charge in [0.05, 0.1) is 0 Å². The Hall–Kier alpha value is -1.91. The molecule has 2 aromatic rings. The van der Waals surface area contributed by atoms with E-state index in [1.54, 1.807) is 6.07 Å². The van der Waals surface area contributed by atoms with Gasteiger partial charge in [0.25, 0.3) is 0 Å². The molecule has 120 valence electrons. The second kappa shape index (κ2) is 7.11. The molecular formula is C17H17Cl2N3O. The third kappa shape index (κ3) is 4.09. The lowest BCUT2D eigenvalue weighted by molar-refractivity contribution is 0.208. The number of carbonyl (C=O) groups is 1. The summed E-state index contributed by atoms with van der Waals surface area (Å²) in [5.74, 6) is 0. The molecular weight excluding hydrogens is 333 g/mol. The van der Waals surface area contributed by atoms with Crippen molar-refractivity contribution in [3.05, 3.63) is 58.6 Å². The van der Waals surface area contributed by atoms with E-state index < -0.39 is 0 Å². The average molecular weight is 350 g/mol. The number of hydrogen-bond donors (Lipinski definition) is 1. The number of carbonyl (C=O) groups excluding carboxylic acids is 1. The van der Waals surface area contributed by atoms with E-state index >= 15 is 0 Å². The molecule has 1 saturated heterocycles. The molecule has 0 aliphatic carbocycles. The van der Waals surface area contributed by atoms with E-state index in [-0.39, 0.29) is 6.03 Å². The molecule has 2 amide bonds. The molecule has 0 spiro atoms. The number of benzene rings is 2. The average Bonchev–Trinajstić information content (AvgIpc) is 2.55. The van der Waals surface area contributed by atoms with Gasteiger partial charge in [0, 0.05) is 47.6 Å². The minimum absolute atomic E-state index is 0.0695. The lowest BCUT2D eigenvalue weighted by Gasteiger charge is -2.36. The smallest absolute Gasteiger partial charge is 0.321 e. The number of anilines is 2. The summed E-state index contributed by atoms with van der Waals surface area (Å²) in [6, 6.07) is 14.9. The van der Waals surface area contributed by atoms with Crippen LogP contribution in [0.5, 0.6) is 0 Å². The zero-order chi connectivity index (χ0) is 16.2. The van der Waals surface area contributed by atoms with Crippen LogP contribution in [0, 0.1) is 0 Å². The van der Waals surface area contributed by atoms with Crippen LogP contribution in [0.1, 0.15) is 0 Å². The van der Waals surface area contributed by atoms with Crippen LogP contribution in [-0.2, 0) is 0 Å². The highest BCUT2D eigenvalue weighted by atomic mass is 35.5. The van der Waals surface area contributed by atoms with Crippen LogP contribution < -0.4 is 10.2 Å². The van der Waals surface area contributed by atoms with Crippen LogP contribution in [0.4, 0.5) is 16.2 Å². The summed E-state index contributed by atoms with van der Waals surface area (Å²) in [7, 11) is 0. The van der Waals surface area contributed by atoms with Crippen molar-refractivity contribution < 1.29 is 4.79 Å². The molecule has 0 radical (unpaired) electrons. The van der Waals surface area contributed by atoms with Gasteiger partial charge >= 0.3 is 6.03 Å². The first-order valence-corrected chi connectivity index (χ1v) is 8.19. The first-order chi connectivity index (χ1) is 11.1. The van der Waals surface area contributed by atoms with Gasteiger partial charge in [-0.2, -0.15) is 0 Å². The molecule has 3 rings (SSSR count). The molecule has 1 fully saturated rings. The summed E-state index contributed by atoms with van der Waals surface area (Å²) < 4.78 is 0. The van der Waals surface area contributed by atoms with E-state index in [0.717, 1.165) is 24.5 Å². The lowest BCUT2D eigenvalue weighted by Crippen LogP contribution is -2.50.